The van der Waals surface area contributed by atoms with Crippen molar-refractivity contribution in [2.24, 2.45) is 5.41 Å². The van der Waals surface area contributed by atoms with Crippen molar-refractivity contribution in [1.29, 1.82) is 0 Å². The Labute approximate surface area is 102 Å². The van der Waals surface area contributed by atoms with Gasteiger partial charge in [-0.05, 0) is 24.6 Å². The number of phosphoric ester groups is 1. The number of hydrogen-bond acceptors (Lipinski definition) is 4. The molecule has 0 aliphatic carbocycles. The highest BCUT2D eigenvalue weighted by atomic mass is 31.2. The first kappa shape index (κ1) is 12.6. The molecule has 0 saturated carbocycles. The first-order valence-corrected chi connectivity index (χ1v) is 7.00. The van der Waals surface area contributed by atoms with E-state index in [4.69, 9.17) is 13.6 Å². The van der Waals surface area contributed by atoms with E-state index in [-0.39, 0.29) is 5.41 Å². The van der Waals surface area contributed by atoms with E-state index in [1.807, 2.05) is 32.9 Å². The maximum Gasteiger partial charge on any atom is 0.530 e. The standard InChI is InChI=1S/C12H17O4P/c1-10-5-4-6-11(7-10)16-17(13)14-8-12(2,3)9-15-17/h4-7H,8-9H2,1-3H3. The molecule has 0 radical (unpaired) electrons. The molecule has 4 nitrogen and oxygen atoms in total. The number of phosphoric acid groups is 1. The Morgan fingerprint density at radius 1 is 1.29 bits per heavy atom. The molecule has 94 valence electrons. The van der Waals surface area contributed by atoms with Crippen molar-refractivity contribution in [1.82, 2.24) is 0 Å². The van der Waals surface area contributed by atoms with Crippen LogP contribution in [0, 0.1) is 12.3 Å². The van der Waals surface area contributed by atoms with E-state index in [1.54, 1.807) is 12.1 Å². The SMILES string of the molecule is Cc1cccc(OP2(=O)OCC(C)(C)CO2)c1. The molecule has 0 aromatic heterocycles. The second-order valence-corrected chi connectivity index (χ2v) is 6.66. The van der Waals surface area contributed by atoms with Crippen LogP contribution >= 0.6 is 7.82 Å². The van der Waals surface area contributed by atoms with Gasteiger partial charge in [-0.15, -0.1) is 0 Å². The van der Waals surface area contributed by atoms with Crippen LogP contribution in [-0.2, 0) is 13.6 Å². The average molecular weight is 256 g/mol. The zero-order valence-corrected chi connectivity index (χ0v) is 11.2. The normalized spacial score (nSPS) is 22.1. The Morgan fingerprint density at radius 3 is 2.53 bits per heavy atom. The van der Waals surface area contributed by atoms with Crippen LogP contribution < -0.4 is 4.52 Å². The Morgan fingerprint density at radius 2 is 1.94 bits per heavy atom. The van der Waals surface area contributed by atoms with Gasteiger partial charge in [-0.25, -0.2) is 4.57 Å². The van der Waals surface area contributed by atoms with E-state index in [0.29, 0.717) is 19.0 Å². The maximum absolute atomic E-state index is 12.1. The average Bonchev–Trinajstić information content (AvgIpc) is 2.24. The molecule has 0 spiro atoms. The van der Waals surface area contributed by atoms with Gasteiger partial charge in [0.2, 0.25) is 0 Å². The molecule has 0 amide bonds. The van der Waals surface area contributed by atoms with Gasteiger partial charge >= 0.3 is 7.82 Å². The topological polar surface area (TPSA) is 44.8 Å². The van der Waals surface area contributed by atoms with E-state index >= 15 is 0 Å². The van der Waals surface area contributed by atoms with Crippen molar-refractivity contribution in [2.45, 2.75) is 20.8 Å². The largest absolute Gasteiger partial charge is 0.530 e. The van der Waals surface area contributed by atoms with Crippen LogP contribution in [0.4, 0.5) is 0 Å². The Bertz CT molecular complexity index is 442. The first-order valence-electron chi connectivity index (χ1n) is 5.54. The number of benzene rings is 1. The zero-order valence-electron chi connectivity index (χ0n) is 10.3. The summed E-state index contributed by atoms with van der Waals surface area (Å²) in [7, 11) is -3.44. The molecule has 5 heteroatoms. The van der Waals surface area contributed by atoms with Crippen LogP contribution in [0.1, 0.15) is 19.4 Å². The summed E-state index contributed by atoms with van der Waals surface area (Å²) >= 11 is 0. The Kier molecular flexibility index (Phi) is 3.30. The number of rotatable bonds is 2. The van der Waals surface area contributed by atoms with Crippen LogP contribution in [0.2, 0.25) is 0 Å². The van der Waals surface area contributed by atoms with Gasteiger partial charge in [-0.3, -0.25) is 9.05 Å². The summed E-state index contributed by atoms with van der Waals surface area (Å²) < 4.78 is 27.9. The van der Waals surface area contributed by atoms with Gasteiger partial charge in [-0.2, -0.15) is 0 Å². The van der Waals surface area contributed by atoms with Gasteiger partial charge in [0.1, 0.15) is 5.75 Å². The molecule has 0 atom stereocenters. The second-order valence-electron chi connectivity index (χ2n) is 5.07. The van der Waals surface area contributed by atoms with Crippen molar-refractivity contribution in [3.8, 4) is 5.75 Å². The zero-order chi connectivity index (χ0) is 12.5. The maximum atomic E-state index is 12.1. The highest BCUT2D eigenvalue weighted by Crippen LogP contribution is 2.54. The third kappa shape index (κ3) is 3.32. The van der Waals surface area contributed by atoms with Crippen LogP contribution in [0.5, 0.6) is 5.75 Å². The Balaban J connectivity index is 2.07. The molecule has 1 saturated heterocycles. The fraction of sp³-hybridized carbons (Fsp3) is 0.500. The predicted molar refractivity (Wildman–Crippen MR) is 65.1 cm³/mol. The van der Waals surface area contributed by atoms with Crippen LogP contribution in [0.3, 0.4) is 0 Å². The second kappa shape index (κ2) is 4.45. The molecule has 1 aliphatic rings. The van der Waals surface area contributed by atoms with E-state index in [2.05, 4.69) is 0 Å². The van der Waals surface area contributed by atoms with Crippen molar-refractivity contribution in [3.63, 3.8) is 0 Å². The lowest BCUT2D eigenvalue weighted by molar-refractivity contribution is 0.0182. The van der Waals surface area contributed by atoms with Crippen molar-refractivity contribution >= 4 is 7.82 Å². The smallest absolute Gasteiger partial charge is 0.404 e. The molecular weight excluding hydrogens is 239 g/mol. The molecular formula is C12H17O4P. The molecule has 1 fully saturated rings. The minimum Gasteiger partial charge on any atom is -0.404 e. The molecule has 0 unspecified atom stereocenters. The van der Waals surface area contributed by atoms with Crippen molar-refractivity contribution in [3.05, 3.63) is 29.8 Å². The summed E-state index contributed by atoms with van der Waals surface area (Å²) in [5, 5.41) is 0. The van der Waals surface area contributed by atoms with E-state index in [1.165, 1.54) is 0 Å². The molecule has 1 aromatic carbocycles. The third-order valence-corrected chi connectivity index (χ3v) is 3.76. The molecule has 1 aromatic rings. The third-order valence-electron chi connectivity index (χ3n) is 2.43. The van der Waals surface area contributed by atoms with Gasteiger partial charge in [-0.1, -0.05) is 26.0 Å². The molecule has 1 heterocycles. The number of aryl methyl sites for hydroxylation is 1. The summed E-state index contributed by atoms with van der Waals surface area (Å²) in [5.74, 6) is 0.507. The molecule has 0 bridgehead atoms. The lowest BCUT2D eigenvalue weighted by atomic mass is 9.97. The van der Waals surface area contributed by atoms with Gasteiger partial charge < -0.3 is 4.52 Å². The molecule has 1 aliphatic heterocycles. The lowest BCUT2D eigenvalue weighted by Crippen LogP contribution is -2.30. The highest BCUT2D eigenvalue weighted by Gasteiger charge is 2.39. The Hall–Kier alpha value is -0.830. The lowest BCUT2D eigenvalue weighted by Gasteiger charge is -2.32. The van der Waals surface area contributed by atoms with Gasteiger partial charge in [0, 0.05) is 5.41 Å². The quantitative estimate of drug-likeness (QED) is 0.759. The fourth-order valence-corrected chi connectivity index (χ4v) is 3.01. The number of hydrogen-bond donors (Lipinski definition) is 0. The van der Waals surface area contributed by atoms with Gasteiger partial charge in [0.05, 0.1) is 13.2 Å². The summed E-state index contributed by atoms with van der Waals surface area (Å²) in [6, 6.07) is 7.31. The van der Waals surface area contributed by atoms with E-state index < -0.39 is 7.82 Å². The summed E-state index contributed by atoms with van der Waals surface area (Å²) in [5.41, 5.74) is 0.913. The highest BCUT2D eigenvalue weighted by molar-refractivity contribution is 7.49. The summed E-state index contributed by atoms with van der Waals surface area (Å²) in [6.45, 7) is 6.66. The minimum absolute atomic E-state index is 0.121. The first-order chi connectivity index (χ1) is 7.89. The van der Waals surface area contributed by atoms with Crippen molar-refractivity contribution in [2.75, 3.05) is 13.2 Å². The molecule has 2 rings (SSSR count). The summed E-state index contributed by atoms with van der Waals surface area (Å²) in [4.78, 5) is 0. The molecule has 17 heavy (non-hydrogen) atoms. The monoisotopic (exact) mass is 256 g/mol. The minimum atomic E-state index is -3.44. The predicted octanol–water partition coefficient (Wildman–Crippen LogP) is 3.55. The van der Waals surface area contributed by atoms with Gasteiger partial charge in [0.15, 0.2) is 0 Å². The van der Waals surface area contributed by atoms with Crippen LogP contribution in [-0.4, -0.2) is 13.2 Å². The van der Waals surface area contributed by atoms with E-state index in [9.17, 15) is 4.57 Å². The van der Waals surface area contributed by atoms with Gasteiger partial charge in [0.25, 0.3) is 0 Å². The van der Waals surface area contributed by atoms with Crippen LogP contribution in [0.25, 0.3) is 0 Å². The molecule has 0 N–H and O–H groups in total. The van der Waals surface area contributed by atoms with Crippen LogP contribution in [0.15, 0.2) is 24.3 Å². The fourth-order valence-electron chi connectivity index (χ4n) is 1.44. The van der Waals surface area contributed by atoms with E-state index in [0.717, 1.165) is 5.56 Å². The van der Waals surface area contributed by atoms with Crippen molar-refractivity contribution < 1.29 is 18.1 Å². The summed E-state index contributed by atoms with van der Waals surface area (Å²) in [6.07, 6.45) is 0.